The maximum atomic E-state index is 14.0. The van der Waals surface area contributed by atoms with Crippen molar-refractivity contribution < 1.29 is 4.39 Å². The van der Waals surface area contributed by atoms with Gasteiger partial charge in [0.25, 0.3) is 0 Å². The van der Waals surface area contributed by atoms with Crippen molar-refractivity contribution in [2.75, 3.05) is 7.05 Å². The Kier molecular flexibility index (Phi) is 4.00. The van der Waals surface area contributed by atoms with E-state index in [0.717, 1.165) is 23.5 Å². The minimum Gasteiger partial charge on any atom is -0.316 e. The van der Waals surface area contributed by atoms with E-state index in [1.165, 1.54) is 11.6 Å². The van der Waals surface area contributed by atoms with Gasteiger partial charge >= 0.3 is 0 Å². The van der Waals surface area contributed by atoms with Crippen LogP contribution in [-0.4, -0.2) is 16.8 Å². The van der Waals surface area contributed by atoms with Gasteiger partial charge in [0, 0.05) is 17.8 Å². The molecule has 0 saturated heterocycles. The zero-order valence-electron chi connectivity index (χ0n) is 11.9. The SMILES string of the molecule is CCc1c(C)nn(-c2cccc(F)c2CNC)c1C. The van der Waals surface area contributed by atoms with Gasteiger partial charge in [-0.05, 0) is 45.0 Å². The summed E-state index contributed by atoms with van der Waals surface area (Å²) in [5, 5.41) is 7.57. The zero-order chi connectivity index (χ0) is 14.0. The average Bonchev–Trinajstić information content (AvgIpc) is 2.67. The second-order valence-corrected chi connectivity index (χ2v) is 4.68. The van der Waals surface area contributed by atoms with E-state index in [1.807, 2.05) is 31.6 Å². The van der Waals surface area contributed by atoms with Crippen LogP contribution < -0.4 is 5.32 Å². The number of nitrogens with zero attached hydrogens (tertiary/aromatic N) is 2. The Morgan fingerprint density at radius 2 is 2.00 bits per heavy atom. The lowest BCUT2D eigenvalue weighted by atomic mass is 10.1. The fourth-order valence-corrected chi connectivity index (χ4v) is 2.52. The van der Waals surface area contributed by atoms with Crippen LogP contribution in [0.3, 0.4) is 0 Å². The zero-order valence-corrected chi connectivity index (χ0v) is 11.9. The molecule has 1 N–H and O–H groups in total. The quantitative estimate of drug-likeness (QED) is 0.917. The number of halogens is 1. The Balaban J connectivity index is 2.62. The predicted molar refractivity (Wildman–Crippen MR) is 75.1 cm³/mol. The lowest BCUT2D eigenvalue weighted by Crippen LogP contribution is -2.12. The van der Waals surface area contributed by atoms with E-state index in [1.54, 1.807) is 6.07 Å². The summed E-state index contributed by atoms with van der Waals surface area (Å²) < 4.78 is 15.8. The molecule has 0 saturated carbocycles. The summed E-state index contributed by atoms with van der Waals surface area (Å²) in [7, 11) is 1.81. The van der Waals surface area contributed by atoms with Gasteiger partial charge in [0.15, 0.2) is 0 Å². The van der Waals surface area contributed by atoms with Crippen molar-refractivity contribution in [1.29, 1.82) is 0 Å². The normalized spacial score (nSPS) is 11.0. The summed E-state index contributed by atoms with van der Waals surface area (Å²) in [6.45, 7) is 6.63. The van der Waals surface area contributed by atoms with Crippen molar-refractivity contribution in [1.82, 2.24) is 15.1 Å². The van der Waals surface area contributed by atoms with E-state index in [0.29, 0.717) is 12.1 Å². The summed E-state index contributed by atoms with van der Waals surface area (Å²) in [6, 6.07) is 5.13. The first-order chi connectivity index (χ1) is 9.10. The third-order valence-corrected chi connectivity index (χ3v) is 3.47. The lowest BCUT2D eigenvalue weighted by molar-refractivity contribution is 0.596. The summed E-state index contributed by atoms with van der Waals surface area (Å²) >= 11 is 0. The highest BCUT2D eigenvalue weighted by Crippen LogP contribution is 2.22. The van der Waals surface area contributed by atoms with Crippen LogP contribution in [0.4, 0.5) is 4.39 Å². The van der Waals surface area contributed by atoms with Gasteiger partial charge in [-0.25, -0.2) is 9.07 Å². The van der Waals surface area contributed by atoms with Crippen molar-refractivity contribution in [3.8, 4) is 5.69 Å². The number of hydrogen-bond acceptors (Lipinski definition) is 2. The Morgan fingerprint density at radius 1 is 1.26 bits per heavy atom. The molecular weight excluding hydrogens is 241 g/mol. The van der Waals surface area contributed by atoms with Crippen LogP contribution in [0.5, 0.6) is 0 Å². The van der Waals surface area contributed by atoms with Gasteiger partial charge in [-0.2, -0.15) is 5.10 Å². The Bertz CT molecular complexity index is 587. The highest BCUT2D eigenvalue weighted by molar-refractivity contribution is 5.44. The third kappa shape index (κ3) is 2.40. The van der Waals surface area contributed by atoms with E-state index in [9.17, 15) is 4.39 Å². The van der Waals surface area contributed by atoms with Gasteiger partial charge in [0.2, 0.25) is 0 Å². The molecule has 2 rings (SSSR count). The molecule has 0 aliphatic carbocycles. The van der Waals surface area contributed by atoms with Crippen molar-refractivity contribution in [3.05, 3.63) is 46.5 Å². The van der Waals surface area contributed by atoms with Crippen LogP contribution in [0, 0.1) is 19.7 Å². The molecule has 0 aliphatic heterocycles. The standard InChI is InChI=1S/C15H20FN3/c1-5-12-10(2)18-19(11(12)3)15-8-6-7-14(16)13(15)9-17-4/h6-8,17H,5,9H2,1-4H3. The van der Waals surface area contributed by atoms with E-state index in [-0.39, 0.29) is 5.82 Å². The van der Waals surface area contributed by atoms with E-state index in [4.69, 9.17) is 0 Å². The molecule has 2 aromatic rings. The summed E-state index contributed by atoms with van der Waals surface area (Å²) in [6.07, 6.45) is 0.939. The molecule has 0 unspecified atom stereocenters. The van der Waals surface area contributed by atoms with Crippen LogP contribution in [-0.2, 0) is 13.0 Å². The smallest absolute Gasteiger partial charge is 0.129 e. The predicted octanol–water partition coefficient (Wildman–Crippen LogP) is 2.91. The summed E-state index contributed by atoms with van der Waals surface area (Å²) in [5.74, 6) is -0.197. The van der Waals surface area contributed by atoms with Gasteiger partial charge in [0.05, 0.1) is 11.4 Å². The fraction of sp³-hybridized carbons (Fsp3) is 0.400. The van der Waals surface area contributed by atoms with Gasteiger partial charge in [-0.3, -0.25) is 0 Å². The Labute approximate surface area is 113 Å². The molecule has 19 heavy (non-hydrogen) atoms. The number of aryl methyl sites for hydroxylation is 1. The molecule has 0 spiro atoms. The lowest BCUT2D eigenvalue weighted by Gasteiger charge is -2.12. The number of benzene rings is 1. The first kappa shape index (κ1) is 13.7. The largest absolute Gasteiger partial charge is 0.316 e. The molecule has 3 nitrogen and oxygen atoms in total. The molecule has 4 heteroatoms. The average molecular weight is 261 g/mol. The molecule has 0 bridgehead atoms. The minimum absolute atomic E-state index is 0.197. The second-order valence-electron chi connectivity index (χ2n) is 4.68. The topological polar surface area (TPSA) is 29.9 Å². The minimum atomic E-state index is -0.197. The fourth-order valence-electron chi connectivity index (χ4n) is 2.52. The molecular formula is C15H20FN3. The third-order valence-electron chi connectivity index (χ3n) is 3.47. The van der Waals surface area contributed by atoms with Crippen molar-refractivity contribution >= 4 is 0 Å². The molecule has 0 fully saturated rings. The number of nitrogens with one attached hydrogen (secondary N) is 1. The van der Waals surface area contributed by atoms with Crippen LogP contribution in [0.25, 0.3) is 5.69 Å². The van der Waals surface area contributed by atoms with E-state index < -0.39 is 0 Å². The number of rotatable bonds is 4. The Morgan fingerprint density at radius 3 is 2.58 bits per heavy atom. The molecule has 0 atom stereocenters. The number of aromatic nitrogens is 2. The maximum absolute atomic E-state index is 14.0. The molecule has 1 heterocycles. The van der Waals surface area contributed by atoms with E-state index in [2.05, 4.69) is 17.3 Å². The molecule has 0 amide bonds. The first-order valence-electron chi connectivity index (χ1n) is 6.57. The van der Waals surface area contributed by atoms with E-state index >= 15 is 0 Å². The first-order valence-corrected chi connectivity index (χ1v) is 6.57. The van der Waals surface area contributed by atoms with Crippen LogP contribution >= 0.6 is 0 Å². The van der Waals surface area contributed by atoms with Gasteiger partial charge < -0.3 is 5.32 Å². The molecule has 0 radical (unpaired) electrons. The van der Waals surface area contributed by atoms with Crippen molar-refractivity contribution in [3.63, 3.8) is 0 Å². The molecule has 102 valence electrons. The van der Waals surface area contributed by atoms with Gasteiger partial charge in [-0.1, -0.05) is 13.0 Å². The molecule has 0 aliphatic rings. The molecule has 1 aromatic carbocycles. The summed E-state index contributed by atoms with van der Waals surface area (Å²) in [4.78, 5) is 0. The highest BCUT2D eigenvalue weighted by Gasteiger charge is 2.15. The maximum Gasteiger partial charge on any atom is 0.129 e. The summed E-state index contributed by atoms with van der Waals surface area (Å²) in [5.41, 5.74) is 4.80. The van der Waals surface area contributed by atoms with Gasteiger partial charge in [-0.15, -0.1) is 0 Å². The highest BCUT2D eigenvalue weighted by atomic mass is 19.1. The Hall–Kier alpha value is -1.68. The van der Waals surface area contributed by atoms with Crippen molar-refractivity contribution in [2.45, 2.75) is 33.7 Å². The van der Waals surface area contributed by atoms with Crippen molar-refractivity contribution in [2.24, 2.45) is 0 Å². The second kappa shape index (κ2) is 5.53. The monoisotopic (exact) mass is 261 g/mol. The van der Waals surface area contributed by atoms with Crippen LogP contribution in [0.15, 0.2) is 18.2 Å². The number of hydrogen-bond donors (Lipinski definition) is 1. The van der Waals surface area contributed by atoms with Crippen LogP contribution in [0.2, 0.25) is 0 Å². The molecule has 1 aromatic heterocycles. The van der Waals surface area contributed by atoms with Gasteiger partial charge in [0.1, 0.15) is 5.82 Å². The van der Waals surface area contributed by atoms with Crippen LogP contribution in [0.1, 0.15) is 29.4 Å².